The maximum Gasteiger partial charge on any atom is 0.290 e. The third-order valence-electron chi connectivity index (χ3n) is 4.97. The Balaban J connectivity index is 1.93. The summed E-state index contributed by atoms with van der Waals surface area (Å²) in [5.41, 5.74) is 0.915. The highest BCUT2D eigenvalue weighted by molar-refractivity contribution is 6.02. The van der Waals surface area contributed by atoms with Gasteiger partial charge in [-0.2, -0.15) is 0 Å². The summed E-state index contributed by atoms with van der Waals surface area (Å²) in [6.45, 7) is 7.33. The average Bonchev–Trinajstić information content (AvgIpc) is 3.12. The van der Waals surface area contributed by atoms with Crippen molar-refractivity contribution in [1.29, 1.82) is 0 Å². The Kier molecular flexibility index (Phi) is 6.28. The molecule has 0 atom stereocenters. The minimum atomic E-state index is -0.203. The molecule has 1 saturated heterocycles. The van der Waals surface area contributed by atoms with Gasteiger partial charge in [-0.3, -0.25) is 18.8 Å². The van der Waals surface area contributed by atoms with Crippen molar-refractivity contribution < 1.29 is 14.4 Å². The smallest absolute Gasteiger partial charge is 0.290 e. The summed E-state index contributed by atoms with van der Waals surface area (Å²) >= 11 is 0. The molecule has 3 heterocycles. The van der Waals surface area contributed by atoms with Gasteiger partial charge in [0, 0.05) is 45.5 Å². The standard InChI is InChI=1S/C20H27N5O3/c1-3-8-23(9-4-2)20(28)18-21-17(16-7-5-6-10-25(16)18)19(27)24-13-11-22(15-26)12-14-24/h5-7,10,15H,3-4,8-9,11-14H2,1-2H3. The number of hydrogen-bond donors (Lipinski definition) is 0. The second kappa shape index (κ2) is 8.86. The number of hydrogen-bond acceptors (Lipinski definition) is 4. The summed E-state index contributed by atoms with van der Waals surface area (Å²) in [7, 11) is 0. The van der Waals surface area contributed by atoms with E-state index in [1.807, 2.05) is 32.0 Å². The molecule has 0 N–H and O–H groups in total. The van der Waals surface area contributed by atoms with E-state index in [4.69, 9.17) is 0 Å². The Morgan fingerprint density at radius 3 is 2.39 bits per heavy atom. The topological polar surface area (TPSA) is 78.2 Å². The number of nitrogens with zero attached hydrogens (tertiary/aromatic N) is 5. The molecule has 0 spiro atoms. The predicted molar refractivity (Wildman–Crippen MR) is 105 cm³/mol. The lowest BCUT2D eigenvalue weighted by Gasteiger charge is -2.32. The van der Waals surface area contributed by atoms with Crippen LogP contribution in [0.3, 0.4) is 0 Å². The van der Waals surface area contributed by atoms with Gasteiger partial charge >= 0.3 is 0 Å². The van der Waals surface area contributed by atoms with E-state index in [2.05, 4.69) is 4.98 Å². The van der Waals surface area contributed by atoms with Crippen molar-refractivity contribution in [2.24, 2.45) is 0 Å². The first-order valence-corrected chi connectivity index (χ1v) is 9.85. The second-order valence-corrected chi connectivity index (χ2v) is 6.97. The van der Waals surface area contributed by atoms with Crippen molar-refractivity contribution in [3.63, 3.8) is 0 Å². The number of carbonyl (C=O) groups excluding carboxylic acids is 3. The molecule has 3 rings (SSSR count). The minimum Gasteiger partial charge on any atom is -0.342 e. The van der Waals surface area contributed by atoms with Gasteiger partial charge in [-0.1, -0.05) is 19.9 Å². The third kappa shape index (κ3) is 3.85. The average molecular weight is 385 g/mol. The van der Waals surface area contributed by atoms with Gasteiger partial charge in [0.05, 0.1) is 5.52 Å². The predicted octanol–water partition coefficient (Wildman–Crippen LogP) is 1.51. The lowest BCUT2D eigenvalue weighted by atomic mass is 10.2. The first-order valence-electron chi connectivity index (χ1n) is 9.85. The van der Waals surface area contributed by atoms with Gasteiger partial charge in [-0.05, 0) is 25.0 Å². The molecule has 28 heavy (non-hydrogen) atoms. The van der Waals surface area contributed by atoms with Crippen LogP contribution < -0.4 is 0 Å². The summed E-state index contributed by atoms with van der Waals surface area (Å²) in [6, 6.07) is 5.47. The maximum atomic E-state index is 13.1. The summed E-state index contributed by atoms with van der Waals surface area (Å²) in [4.78, 5) is 46.7. The fourth-order valence-corrected chi connectivity index (χ4v) is 3.52. The second-order valence-electron chi connectivity index (χ2n) is 6.97. The highest BCUT2D eigenvalue weighted by atomic mass is 16.2. The third-order valence-corrected chi connectivity index (χ3v) is 4.97. The molecule has 8 nitrogen and oxygen atoms in total. The quantitative estimate of drug-likeness (QED) is 0.677. The van der Waals surface area contributed by atoms with E-state index in [1.54, 1.807) is 25.3 Å². The van der Waals surface area contributed by atoms with Crippen molar-refractivity contribution in [1.82, 2.24) is 24.1 Å². The molecule has 0 aliphatic carbocycles. The summed E-state index contributed by atoms with van der Waals surface area (Å²) < 4.78 is 1.70. The molecule has 0 saturated carbocycles. The Hall–Kier alpha value is -2.90. The zero-order valence-corrected chi connectivity index (χ0v) is 16.5. The van der Waals surface area contributed by atoms with Gasteiger partial charge in [0.2, 0.25) is 12.2 Å². The summed E-state index contributed by atoms with van der Waals surface area (Å²) in [5.74, 6) is -0.0899. The van der Waals surface area contributed by atoms with Crippen molar-refractivity contribution in [3.05, 3.63) is 35.9 Å². The van der Waals surface area contributed by atoms with E-state index in [0.717, 1.165) is 19.3 Å². The van der Waals surface area contributed by atoms with E-state index in [-0.39, 0.29) is 23.3 Å². The van der Waals surface area contributed by atoms with Crippen LogP contribution in [0.5, 0.6) is 0 Å². The van der Waals surface area contributed by atoms with Gasteiger partial charge in [-0.25, -0.2) is 4.98 Å². The molecule has 8 heteroatoms. The number of piperazine rings is 1. The molecular formula is C20H27N5O3. The molecule has 150 valence electrons. The first-order chi connectivity index (χ1) is 13.6. The highest BCUT2D eigenvalue weighted by Gasteiger charge is 2.28. The van der Waals surface area contributed by atoms with Crippen LogP contribution in [0.15, 0.2) is 24.4 Å². The van der Waals surface area contributed by atoms with Crippen LogP contribution in [0.1, 0.15) is 47.8 Å². The van der Waals surface area contributed by atoms with Crippen LogP contribution in [0.2, 0.25) is 0 Å². The molecule has 0 aromatic carbocycles. The molecule has 1 aliphatic heterocycles. The maximum absolute atomic E-state index is 13.1. The first kappa shape index (κ1) is 19.9. The molecule has 1 fully saturated rings. The Bertz CT molecular complexity index is 849. The Labute approximate surface area is 164 Å². The number of rotatable bonds is 7. The number of amides is 3. The van der Waals surface area contributed by atoms with Crippen LogP contribution in [-0.2, 0) is 4.79 Å². The van der Waals surface area contributed by atoms with Crippen molar-refractivity contribution in [2.75, 3.05) is 39.3 Å². The van der Waals surface area contributed by atoms with Crippen LogP contribution in [-0.4, -0.2) is 81.6 Å². The molecule has 0 radical (unpaired) electrons. The number of imidazole rings is 1. The molecule has 2 aromatic heterocycles. The van der Waals surface area contributed by atoms with Gasteiger partial charge in [0.25, 0.3) is 11.8 Å². The van der Waals surface area contributed by atoms with Crippen LogP contribution >= 0.6 is 0 Å². The van der Waals surface area contributed by atoms with E-state index in [1.165, 1.54) is 0 Å². The highest BCUT2D eigenvalue weighted by Crippen LogP contribution is 2.18. The van der Waals surface area contributed by atoms with Gasteiger partial charge in [0.1, 0.15) is 0 Å². The number of fused-ring (bicyclic) bond motifs is 1. The van der Waals surface area contributed by atoms with Crippen LogP contribution in [0.25, 0.3) is 5.52 Å². The molecule has 1 aliphatic rings. The van der Waals surface area contributed by atoms with Gasteiger partial charge in [-0.15, -0.1) is 0 Å². The van der Waals surface area contributed by atoms with Gasteiger partial charge < -0.3 is 14.7 Å². The van der Waals surface area contributed by atoms with Crippen molar-refractivity contribution >= 4 is 23.7 Å². The summed E-state index contributed by atoms with van der Waals surface area (Å²) in [5, 5.41) is 0. The summed E-state index contributed by atoms with van der Waals surface area (Å²) in [6.07, 6.45) is 4.30. The SMILES string of the molecule is CCCN(CCC)C(=O)c1nc(C(=O)N2CCN(C=O)CC2)c2ccccn12. The van der Waals surface area contributed by atoms with Crippen molar-refractivity contribution in [3.8, 4) is 0 Å². The van der Waals surface area contributed by atoms with E-state index < -0.39 is 0 Å². The minimum absolute atomic E-state index is 0.158. The lowest BCUT2D eigenvalue weighted by molar-refractivity contribution is -0.119. The molecular weight excluding hydrogens is 358 g/mol. The van der Waals surface area contributed by atoms with Crippen LogP contribution in [0, 0.1) is 0 Å². The normalized spacial score (nSPS) is 14.4. The number of aromatic nitrogens is 2. The van der Waals surface area contributed by atoms with Crippen molar-refractivity contribution in [2.45, 2.75) is 26.7 Å². The molecule has 2 aromatic rings. The van der Waals surface area contributed by atoms with E-state index >= 15 is 0 Å². The number of pyridine rings is 1. The molecule has 0 unspecified atom stereocenters. The zero-order chi connectivity index (χ0) is 20.1. The van der Waals surface area contributed by atoms with Gasteiger partial charge in [0.15, 0.2) is 5.69 Å². The van der Waals surface area contributed by atoms with E-state index in [9.17, 15) is 14.4 Å². The Morgan fingerprint density at radius 1 is 1.11 bits per heavy atom. The number of carbonyl (C=O) groups is 3. The lowest BCUT2D eigenvalue weighted by Crippen LogP contribution is -2.48. The Morgan fingerprint density at radius 2 is 1.79 bits per heavy atom. The van der Waals surface area contributed by atoms with Crippen LogP contribution in [0.4, 0.5) is 0 Å². The fourth-order valence-electron chi connectivity index (χ4n) is 3.52. The molecule has 3 amide bonds. The fraction of sp³-hybridized carbons (Fsp3) is 0.500. The molecule has 0 bridgehead atoms. The zero-order valence-electron chi connectivity index (χ0n) is 16.5. The van der Waals surface area contributed by atoms with E-state index in [0.29, 0.717) is 44.8 Å². The monoisotopic (exact) mass is 385 g/mol. The largest absolute Gasteiger partial charge is 0.342 e.